The van der Waals surface area contributed by atoms with Gasteiger partial charge < -0.3 is 18.8 Å². The molecule has 0 fully saturated rings. The van der Waals surface area contributed by atoms with Crippen molar-refractivity contribution >= 4 is 11.9 Å². The van der Waals surface area contributed by atoms with E-state index in [1.807, 2.05) is 20.9 Å². The van der Waals surface area contributed by atoms with Crippen molar-refractivity contribution < 1.29 is 23.5 Å². The first-order chi connectivity index (χ1) is 13.8. The molecule has 0 saturated carbocycles. The van der Waals surface area contributed by atoms with Crippen LogP contribution in [0, 0.1) is 11.3 Å². The zero-order valence-electron chi connectivity index (χ0n) is 17.5. The molecular formula is C23H27NO5. The Kier molecular flexibility index (Phi) is 4.77. The number of rotatable bonds is 4. The fraction of sp³-hybridized carbons (Fsp3) is 0.478. The van der Waals surface area contributed by atoms with Gasteiger partial charge in [0.1, 0.15) is 12.2 Å². The van der Waals surface area contributed by atoms with Crippen LogP contribution in [0.15, 0.2) is 57.4 Å². The molecule has 1 aliphatic heterocycles. The quantitative estimate of drug-likeness (QED) is 0.722. The SMILES string of the molecule is CCO[C@@H]1C=C2C=C3C(=C(C)C(=O)N3C)C[C@]2(C)[C@@H](C)[C@H]1OC(=O)c1ccco1. The van der Waals surface area contributed by atoms with Crippen molar-refractivity contribution in [1.29, 1.82) is 0 Å². The molecule has 0 spiro atoms. The van der Waals surface area contributed by atoms with E-state index in [-0.39, 0.29) is 29.1 Å². The Bertz CT molecular complexity index is 938. The van der Waals surface area contributed by atoms with E-state index in [1.165, 1.54) is 6.26 Å². The highest BCUT2D eigenvalue weighted by Crippen LogP contribution is 2.54. The fourth-order valence-electron chi connectivity index (χ4n) is 4.74. The zero-order chi connectivity index (χ0) is 20.9. The second-order valence-corrected chi connectivity index (χ2v) is 8.27. The number of hydrogen-bond donors (Lipinski definition) is 0. The first-order valence-corrected chi connectivity index (χ1v) is 10.1. The van der Waals surface area contributed by atoms with Gasteiger partial charge in [0.15, 0.2) is 0 Å². The van der Waals surface area contributed by atoms with Gasteiger partial charge in [-0.1, -0.05) is 13.8 Å². The molecule has 0 bridgehead atoms. The molecule has 154 valence electrons. The Labute approximate surface area is 170 Å². The van der Waals surface area contributed by atoms with Crippen molar-refractivity contribution in [3.8, 4) is 0 Å². The summed E-state index contributed by atoms with van der Waals surface area (Å²) < 4.78 is 17.0. The zero-order valence-corrected chi connectivity index (χ0v) is 17.5. The van der Waals surface area contributed by atoms with E-state index < -0.39 is 12.1 Å². The smallest absolute Gasteiger partial charge is 0.374 e. The number of nitrogens with zero attached hydrogens (tertiary/aromatic N) is 1. The van der Waals surface area contributed by atoms with Gasteiger partial charge in [0, 0.05) is 36.3 Å². The number of fused-ring (bicyclic) bond motifs is 2. The van der Waals surface area contributed by atoms with E-state index >= 15 is 0 Å². The molecule has 1 aromatic heterocycles. The lowest BCUT2D eigenvalue weighted by molar-refractivity contribution is -0.123. The van der Waals surface area contributed by atoms with Gasteiger partial charge in [0.2, 0.25) is 5.76 Å². The Morgan fingerprint density at radius 1 is 1.41 bits per heavy atom. The highest BCUT2D eigenvalue weighted by atomic mass is 16.6. The van der Waals surface area contributed by atoms with Crippen molar-refractivity contribution in [3.05, 3.63) is 58.7 Å². The molecule has 0 saturated heterocycles. The van der Waals surface area contributed by atoms with Gasteiger partial charge in [-0.05, 0) is 55.7 Å². The van der Waals surface area contributed by atoms with Crippen LogP contribution in [0.3, 0.4) is 0 Å². The summed E-state index contributed by atoms with van der Waals surface area (Å²) in [4.78, 5) is 26.8. The predicted octanol–water partition coefficient (Wildman–Crippen LogP) is 3.87. The number of furan rings is 1. The molecular weight excluding hydrogens is 370 g/mol. The van der Waals surface area contributed by atoms with Crippen LogP contribution >= 0.6 is 0 Å². The minimum Gasteiger partial charge on any atom is -0.457 e. The molecule has 0 radical (unpaired) electrons. The van der Waals surface area contributed by atoms with E-state index in [2.05, 4.69) is 26.0 Å². The second-order valence-electron chi connectivity index (χ2n) is 8.27. The Hall–Kier alpha value is -2.60. The third-order valence-electron chi connectivity index (χ3n) is 6.73. The molecule has 0 N–H and O–H groups in total. The number of carbonyl (C=O) groups excluding carboxylic acids is 2. The number of likely N-dealkylation sites (N-methyl/N-ethyl adjacent to an activating group) is 1. The minimum atomic E-state index is -0.491. The van der Waals surface area contributed by atoms with E-state index in [1.54, 1.807) is 17.0 Å². The molecule has 29 heavy (non-hydrogen) atoms. The number of ether oxygens (including phenoxy) is 2. The molecule has 1 aromatic rings. The van der Waals surface area contributed by atoms with Crippen molar-refractivity contribution in [2.75, 3.05) is 13.7 Å². The van der Waals surface area contributed by atoms with Crippen molar-refractivity contribution in [2.24, 2.45) is 11.3 Å². The van der Waals surface area contributed by atoms with E-state index in [9.17, 15) is 9.59 Å². The first-order valence-electron chi connectivity index (χ1n) is 10.1. The van der Waals surface area contributed by atoms with E-state index in [0.717, 1.165) is 28.8 Å². The average Bonchev–Trinajstić information content (AvgIpc) is 3.30. The summed E-state index contributed by atoms with van der Waals surface area (Å²) in [5.41, 5.74) is 3.69. The second kappa shape index (κ2) is 7.02. The number of amides is 1. The highest BCUT2D eigenvalue weighted by molar-refractivity contribution is 6.00. The summed E-state index contributed by atoms with van der Waals surface area (Å²) in [6.45, 7) is 8.59. The molecule has 1 amide bonds. The molecule has 6 heteroatoms. The van der Waals surface area contributed by atoms with Crippen LogP contribution < -0.4 is 0 Å². The molecule has 4 atom stereocenters. The minimum absolute atomic E-state index is 0.0166. The number of esters is 1. The van der Waals surface area contributed by atoms with Crippen molar-refractivity contribution in [3.63, 3.8) is 0 Å². The van der Waals surface area contributed by atoms with E-state index in [0.29, 0.717) is 6.61 Å². The van der Waals surface area contributed by atoms with Crippen LogP contribution in [-0.2, 0) is 14.3 Å². The maximum atomic E-state index is 12.6. The predicted molar refractivity (Wildman–Crippen MR) is 107 cm³/mol. The summed E-state index contributed by atoms with van der Waals surface area (Å²) in [5.74, 6) is -0.282. The summed E-state index contributed by atoms with van der Waals surface area (Å²) in [7, 11) is 1.81. The molecule has 4 rings (SSSR count). The van der Waals surface area contributed by atoms with Crippen molar-refractivity contribution in [2.45, 2.75) is 46.3 Å². The summed E-state index contributed by atoms with van der Waals surface area (Å²) in [6.07, 6.45) is 5.52. The standard InChI is InChI=1S/C23H27NO5/c1-6-27-19-11-15-10-17-16(13(2)21(25)24(17)5)12-23(15,4)14(3)20(19)29-22(26)18-8-7-9-28-18/h7-11,14,19-20H,6,12H2,1-5H3/t14-,19+,20+,23+/m0/s1. The van der Waals surface area contributed by atoms with Crippen LogP contribution in [0.25, 0.3) is 0 Å². The van der Waals surface area contributed by atoms with Crippen LogP contribution in [0.1, 0.15) is 44.7 Å². The van der Waals surface area contributed by atoms with Gasteiger partial charge in [0.05, 0.1) is 6.26 Å². The van der Waals surface area contributed by atoms with Gasteiger partial charge in [-0.15, -0.1) is 0 Å². The lowest BCUT2D eigenvalue weighted by Crippen LogP contribution is -2.50. The average molecular weight is 397 g/mol. The third-order valence-corrected chi connectivity index (χ3v) is 6.73. The largest absolute Gasteiger partial charge is 0.457 e. The topological polar surface area (TPSA) is 69.0 Å². The Morgan fingerprint density at radius 3 is 2.83 bits per heavy atom. The number of allylic oxidation sites excluding steroid dienone is 3. The number of carbonyl (C=O) groups is 2. The summed E-state index contributed by atoms with van der Waals surface area (Å²) >= 11 is 0. The van der Waals surface area contributed by atoms with Crippen LogP contribution in [0.2, 0.25) is 0 Å². The molecule has 0 aromatic carbocycles. The Balaban J connectivity index is 1.73. The molecule has 3 aliphatic rings. The van der Waals surface area contributed by atoms with Gasteiger partial charge in [-0.3, -0.25) is 4.79 Å². The number of hydrogen-bond acceptors (Lipinski definition) is 5. The van der Waals surface area contributed by atoms with E-state index in [4.69, 9.17) is 13.9 Å². The van der Waals surface area contributed by atoms with Gasteiger partial charge in [-0.2, -0.15) is 0 Å². The van der Waals surface area contributed by atoms with Gasteiger partial charge in [0.25, 0.3) is 5.91 Å². The molecule has 0 unspecified atom stereocenters. The lowest BCUT2D eigenvalue weighted by atomic mass is 9.59. The Morgan fingerprint density at radius 2 is 2.17 bits per heavy atom. The summed E-state index contributed by atoms with van der Waals surface area (Å²) in [6, 6.07) is 3.26. The fourth-order valence-corrected chi connectivity index (χ4v) is 4.74. The normalized spacial score (nSPS) is 31.3. The monoisotopic (exact) mass is 397 g/mol. The lowest BCUT2D eigenvalue weighted by Gasteiger charge is -2.48. The van der Waals surface area contributed by atoms with Crippen molar-refractivity contribution in [1.82, 2.24) is 4.90 Å². The maximum absolute atomic E-state index is 12.6. The first kappa shape index (κ1) is 19.7. The maximum Gasteiger partial charge on any atom is 0.374 e. The molecule has 6 nitrogen and oxygen atoms in total. The summed E-state index contributed by atoms with van der Waals surface area (Å²) in [5, 5.41) is 0. The van der Waals surface area contributed by atoms with Crippen LogP contribution in [-0.4, -0.2) is 42.6 Å². The van der Waals surface area contributed by atoms with Gasteiger partial charge >= 0.3 is 5.97 Å². The highest BCUT2D eigenvalue weighted by Gasteiger charge is 2.51. The van der Waals surface area contributed by atoms with Crippen LogP contribution in [0.5, 0.6) is 0 Å². The molecule has 2 aliphatic carbocycles. The van der Waals surface area contributed by atoms with Crippen LogP contribution in [0.4, 0.5) is 0 Å². The molecule has 2 heterocycles. The third kappa shape index (κ3) is 2.97. The van der Waals surface area contributed by atoms with Gasteiger partial charge in [-0.25, -0.2) is 4.79 Å².